The number of carbonyl (C=O) groups is 1. The van der Waals surface area contributed by atoms with E-state index in [1.807, 2.05) is 37.8 Å². The number of rotatable bonds is 8. The lowest BCUT2D eigenvalue weighted by atomic mass is 10.1. The van der Waals surface area contributed by atoms with Crippen LogP contribution in [0.5, 0.6) is 5.75 Å². The third-order valence-electron chi connectivity index (χ3n) is 4.60. The average Bonchev–Trinajstić information content (AvgIpc) is 3.29. The molecule has 0 atom stereocenters. The van der Waals surface area contributed by atoms with Crippen molar-refractivity contribution < 1.29 is 9.53 Å². The van der Waals surface area contributed by atoms with Gasteiger partial charge in [-0.15, -0.1) is 10.2 Å². The maximum atomic E-state index is 12.6. The molecule has 0 aliphatic heterocycles. The van der Waals surface area contributed by atoms with Gasteiger partial charge < -0.3 is 15.5 Å². The zero-order valence-electron chi connectivity index (χ0n) is 16.6. The SMILES string of the molecule is CCN(C(=O)CSc1nnc(COc2cc(C)cc(C)c2)n1N)C1=CCCC1. The van der Waals surface area contributed by atoms with E-state index < -0.39 is 0 Å². The van der Waals surface area contributed by atoms with E-state index in [9.17, 15) is 4.79 Å². The van der Waals surface area contributed by atoms with Crippen LogP contribution in [0.15, 0.2) is 35.1 Å². The number of ether oxygens (including phenoxy) is 1. The van der Waals surface area contributed by atoms with E-state index >= 15 is 0 Å². The number of nitrogen functional groups attached to an aromatic ring is 1. The van der Waals surface area contributed by atoms with Crippen molar-refractivity contribution in [1.82, 2.24) is 19.8 Å². The molecule has 0 unspecified atom stereocenters. The number of nitrogens with zero attached hydrogens (tertiary/aromatic N) is 4. The first-order chi connectivity index (χ1) is 13.5. The van der Waals surface area contributed by atoms with Gasteiger partial charge in [-0.3, -0.25) is 4.79 Å². The Hall–Kier alpha value is -2.48. The van der Waals surface area contributed by atoms with Crippen LogP contribution in [-0.4, -0.2) is 38.0 Å². The highest BCUT2D eigenvalue weighted by Gasteiger charge is 2.20. The molecule has 1 aliphatic rings. The number of allylic oxidation sites excluding steroid dienone is 2. The van der Waals surface area contributed by atoms with Crippen LogP contribution in [0.4, 0.5) is 0 Å². The van der Waals surface area contributed by atoms with Crippen LogP contribution in [0.2, 0.25) is 0 Å². The third kappa shape index (κ3) is 4.86. The van der Waals surface area contributed by atoms with E-state index in [2.05, 4.69) is 22.3 Å². The standard InChI is InChI=1S/C20H27N5O2S/c1-4-24(16-7-5-6-8-16)19(26)13-28-20-23-22-18(25(20)21)12-27-17-10-14(2)9-15(3)11-17/h7,9-11H,4-6,8,12-13,21H2,1-3H3. The molecule has 2 N–H and O–H groups in total. The molecular weight excluding hydrogens is 374 g/mol. The van der Waals surface area contributed by atoms with Crippen LogP contribution in [-0.2, 0) is 11.4 Å². The molecule has 3 rings (SSSR count). The molecule has 1 aliphatic carbocycles. The summed E-state index contributed by atoms with van der Waals surface area (Å²) in [5, 5.41) is 8.71. The van der Waals surface area contributed by atoms with E-state index in [-0.39, 0.29) is 18.3 Å². The zero-order chi connectivity index (χ0) is 20.1. The van der Waals surface area contributed by atoms with Gasteiger partial charge in [0.1, 0.15) is 12.4 Å². The quantitative estimate of drug-likeness (QED) is 0.540. The molecule has 1 aromatic carbocycles. The molecule has 0 saturated heterocycles. The summed E-state index contributed by atoms with van der Waals surface area (Å²) in [6.45, 7) is 6.94. The molecule has 0 radical (unpaired) electrons. The van der Waals surface area contributed by atoms with Crippen LogP contribution < -0.4 is 10.6 Å². The second kappa shape index (κ2) is 9.14. The Balaban J connectivity index is 1.57. The van der Waals surface area contributed by atoms with Crippen LogP contribution in [0, 0.1) is 13.8 Å². The predicted molar refractivity (Wildman–Crippen MR) is 110 cm³/mol. The summed E-state index contributed by atoms with van der Waals surface area (Å²) in [4.78, 5) is 14.4. The minimum absolute atomic E-state index is 0.0664. The molecule has 0 spiro atoms. The highest BCUT2D eigenvalue weighted by molar-refractivity contribution is 7.99. The van der Waals surface area contributed by atoms with Crippen molar-refractivity contribution in [2.45, 2.75) is 51.8 Å². The number of amides is 1. The van der Waals surface area contributed by atoms with Crippen molar-refractivity contribution in [2.75, 3.05) is 18.1 Å². The van der Waals surface area contributed by atoms with Gasteiger partial charge in [-0.1, -0.05) is 23.9 Å². The lowest BCUT2D eigenvalue weighted by molar-refractivity contribution is -0.126. The molecule has 28 heavy (non-hydrogen) atoms. The Morgan fingerprint density at radius 3 is 2.68 bits per heavy atom. The summed E-state index contributed by atoms with van der Waals surface area (Å²) < 4.78 is 7.20. The van der Waals surface area contributed by atoms with Crippen LogP contribution in [0.3, 0.4) is 0 Å². The van der Waals surface area contributed by atoms with Gasteiger partial charge in [0.25, 0.3) is 0 Å². The van der Waals surface area contributed by atoms with Crippen LogP contribution in [0.25, 0.3) is 0 Å². The molecule has 1 aromatic heterocycles. The molecule has 2 aromatic rings. The summed E-state index contributed by atoms with van der Waals surface area (Å²) in [6, 6.07) is 6.02. The van der Waals surface area contributed by atoms with E-state index in [0.717, 1.165) is 41.8 Å². The highest BCUT2D eigenvalue weighted by Crippen LogP contribution is 2.24. The number of carbonyl (C=O) groups excluding carboxylic acids is 1. The molecular formula is C20H27N5O2S. The van der Waals surface area contributed by atoms with Gasteiger partial charge in [-0.05, 0) is 63.3 Å². The molecule has 0 saturated carbocycles. The Bertz CT molecular complexity index is 857. The summed E-state index contributed by atoms with van der Waals surface area (Å²) >= 11 is 1.30. The molecule has 0 fully saturated rings. The summed E-state index contributed by atoms with van der Waals surface area (Å²) in [5.41, 5.74) is 3.40. The predicted octanol–water partition coefficient (Wildman–Crippen LogP) is 3.20. The summed E-state index contributed by atoms with van der Waals surface area (Å²) in [5.74, 6) is 7.73. The van der Waals surface area contributed by atoms with E-state index in [4.69, 9.17) is 10.6 Å². The van der Waals surface area contributed by atoms with Gasteiger partial charge in [0.05, 0.1) is 5.75 Å². The number of aryl methyl sites for hydroxylation is 2. The highest BCUT2D eigenvalue weighted by atomic mass is 32.2. The van der Waals surface area contributed by atoms with Crippen molar-refractivity contribution in [1.29, 1.82) is 0 Å². The fraction of sp³-hybridized carbons (Fsp3) is 0.450. The van der Waals surface area contributed by atoms with Gasteiger partial charge in [-0.2, -0.15) is 0 Å². The van der Waals surface area contributed by atoms with Gasteiger partial charge in [0.15, 0.2) is 5.82 Å². The number of hydrogen-bond donors (Lipinski definition) is 1. The first kappa shape index (κ1) is 20.3. The smallest absolute Gasteiger partial charge is 0.237 e. The fourth-order valence-corrected chi connectivity index (χ4v) is 4.06. The average molecular weight is 402 g/mol. The topological polar surface area (TPSA) is 86.3 Å². The number of aromatic nitrogens is 3. The first-order valence-electron chi connectivity index (χ1n) is 9.50. The van der Waals surface area contributed by atoms with Crippen molar-refractivity contribution in [3.8, 4) is 5.75 Å². The second-order valence-corrected chi connectivity index (χ2v) is 7.84. The van der Waals surface area contributed by atoms with Gasteiger partial charge in [0, 0.05) is 12.2 Å². The number of benzene rings is 1. The van der Waals surface area contributed by atoms with Crippen LogP contribution >= 0.6 is 11.8 Å². The fourth-order valence-electron chi connectivity index (χ4n) is 3.31. The minimum atomic E-state index is 0.0664. The van der Waals surface area contributed by atoms with Gasteiger partial charge in [-0.25, -0.2) is 4.68 Å². The Kier molecular flexibility index (Phi) is 6.61. The lowest BCUT2D eigenvalue weighted by Crippen LogP contribution is -2.31. The lowest BCUT2D eigenvalue weighted by Gasteiger charge is -2.21. The normalized spacial score (nSPS) is 13.5. The first-order valence-corrected chi connectivity index (χ1v) is 10.5. The van der Waals surface area contributed by atoms with E-state index in [1.165, 1.54) is 16.4 Å². The van der Waals surface area contributed by atoms with Gasteiger partial charge >= 0.3 is 0 Å². The number of hydrogen-bond acceptors (Lipinski definition) is 6. The maximum Gasteiger partial charge on any atom is 0.237 e. The van der Waals surface area contributed by atoms with Crippen molar-refractivity contribution in [3.05, 3.63) is 46.9 Å². The third-order valence-corrected chi connectivity index (χ3v) is 5.53. The molecule has 150 valence electrons. The minimum Gasteiger partial charge on any atom is -0.486 e. The van der Waals surface area contributed by atoms with E-state index in [1.54, 1.807) is 0 Å². The van der Waals surface area contributed by atoms with E-state index in [0.29, 0.717) is 17.5 Å². The van der Waals surface area contributed by atoms with Crippen molar-refractivity contribution in [2.24, 2.45) is 0 Å². The van der Waals surface area contributed by atoms with Gasteiger partial charge in [0.2, 0.25) is 11.1 Å². The molecule has 7 nitrogen and oxygen atoms in total. The maximum absolute atomic E-state index is 12.6. The summed E-state index contributed by atoms with van der Waals surface area (Å²) in [7, 11) is 0. The Morgan fingerprint density at radius 1 is 1.29 bits per heavy atom. The number of thioether (sulfide) groups is 1. The molecule has 1 heterocycles. The Morgan fingerprint density at radius 2 is 2.04 bits per heavy atom. The zero-order valence-corrected chi connectivity index (χ0v) is 17.5. The number of nitrogens with two attached hydrogens (primary N) is 1. The van der Waals surface area contributed by atoms with Crippen LogP contribution in [0.1, 0.15) is 43.1 Å². The monoisotopic (exact) mass is 401 g/mol. The molecule has 8 heteroatoms. The van der Waals surface area contributed by atoms with Crippen molar-refractivity contribution in [3.63, 3.8) is 0 Å². The largest absolute Gasteiger partial charge is 0.486 e. The molecule has 1 amide bonds. The van der Waals surface area contributed by atoms with Crippen molar-refractivity contribution >= 4 is 17.7 Å². The second-order valence-electron chi connectivity index (χ2n) is 6.90. The Labute approximate surface area is 169 Å². The molecule has 0 bridgehead atoms. The summed E-state index contributed by atoms with van der Waals surface area (Å²) in [6.07, 6.45) is 5.29.